The number of hydrogen-bond acceptors (Lipinski definition) is 6. The van der Waals surface area contributed by atoms with E-state index in [1.54, 1.807) is 6.92 Å². The van der Waals surface area contributed by atoms with Crippen molar-refractivity contribution >= 4 is 5.91 Å². The molecule has 1 saturated heterocycles. The molecular formula is C18H25N5O2. The molecule has 1 aliphatic heterocycles. The van der Waals surface area contributed by atoms with Crippen molar-refractivity contribution < 1.29 is 9.21 Å². The van der Waals surface area contributed by atoms with Gasteiger partial charge in [0.2, 0.25) is 0 Å². The maximum atomic E-state index is 12.4. The lowest BCUT2D eigenvalue weighted by Gasteiger charge is -2.31. The minimum atomic E-state index is -0.0388. The van der Waals surface area contributed by atoms with Gasteiger partial charge in [0.05, 0.1) is 17.6 Å². The normalized spacial score (nSPS) is 15.8. The summed E-state index contributed by atoms with van der Waals surface area (Å²) in [6, 6.07) is 0. The fourth-order valence-electron chi connectivity index (χ4n) is 3.15. The predicted molar refractivity (Wildman–Crippen MR) is 93.0 cm³/mol. The lowest BCUT2D eigenvalue weighted by molar-refractivity contribution is 0.0684. The lowest BCUT2D eigenvalue weighted by atomic mass is 9.92. The van der Waals surface area contributed by atoms with Crippen molar-refractivity contribution in [3.05, 3.63) is 41.6 Å². The second-order valence-electron chi connectivity index (χ2n) is 6.93. The molecule has 1 aliphatic rings. The lowest BCUT2D eigenvalue weighted by Crippen LogP contribution is -2.39. The van der Waals surface area contributed by atoms with Crippen LogP contribution >= 0.6 is 0 Å². The fraction of sp³-hybridized carbons (Fsp3) is 0.556. The van der Waals surface area contributed by atoms with Gasteiger partial charge in [0, 0.05) is 32.8 Å². The molecule has 0 aliphatic carbocycles. The molecule has 0 N–H and O–H groups in total. The smallest absolute Gasteiger partial charge is 0.275 e. The Kier molecular flexibility index (Phi) is 5.43. The van der Waals surface area contributed by atoms with E-state index in [4.69, 9.17) is 4.42 Å². The molecule has 0 aromatic carbocycles. The Bertz CT molecular complexity index is 703. The van der Waals surface area contributed by atoms with Gasteiger partial charge < -0.3 is 14.2 Å². The van der Waals surface area contributed by atoms with Gasteiger partial charge in [0.25, 0.3) is 5.91 Å². The number of likely N-dealkylation sites (tertiary alicyclic amines) is 1. The van der Waals surface area contributed by atoms with Crippen LogP contribution in [0, 0.1) is 12.8 Å². The number of nitrogens with zero attached hydrogens (tertiary/aromatic N) is 5. The number of carbonyl (C=O) groups is 1. The van der Waals surface area contributed by atoms with E-state index in [2.05, 4.69) is 19.9 Å². The number of carbonyl (C=O) groups excluding carboxylic acids is 1. The van der Waals surface area contributed by atoms with Gasteiger partial charge in [0.1, 0.15) is 6.26 Å². The zero-order valence-corrected chi connectivity index (χ0v) is 15.1. The van der Waals surface area contributed by atoms with E-state index in [-0.39, 0.29) is 5.91 Å². The van der Waals surface area contributed by atoms with Crippen LogP contribution in [0.15, 0.2) is 23.1 Å². The zero-order chi connectivity index (χ0) is 17.8. The third kappa shape index (κ3) is 4.63. The summed E-state index contributed by atoms with van der Waals surface area (Å²) in [5.41, 5.74) is 2.41. The second-order valence-corrected chi connectivity index (χ2v) is 6.93. The van der Waals surface area contributed by atoms with Gasteiger partial charge in [0.15, 0.2) is 11.6 Å². The highest BCUT2D eigenvalue weighted by atomic mass is 16.3. The summed E-state index contributed by atoms with van der Waals surface area (Å²) in [6.45, 7) is 4.05. The molecule has 134 valence electrons. The first-order valence-electron chi connectivity index (χ1n) is 8.67. The summed E-state index contributed by atoms with van der Waals surface area (Å²) >= 11 is 0. The maximum absolute atomic E-state index is 12.4. The number of oxazole rings is 1. The number of aromatic nitrogens is 3. The first kappa shape index (κ1) is 17.5. The van der Waals surface area contributed by atoms with Gasteiger partial charge in [-0.3, -0.25) is 14.8 Å². The minimum Gasteiger partial charge on any atom is -0.448 e. The molecule has 1 amide bonds. The first-order valence-corrected chi connectivity index (χ1v) is 8.67. The summed E-state index contributed by atoms with van der Waals surface area (Å²) in [5, 5.41) is 0. The van der Waals surface area contributed by atoms with Crippen molar-refractivity contribution in [2.24, 2.45) is 5.92 Å². The van der Waals surface area contributed by atoms with E-state index >= 15 is 0 Å². The molecular weight excluding hydrogens is 318 g/mol. The summed E-state index contributed by atoms with van der Waals surface area (Å²) in [7, 11) is 4.04. The predicted octanol–water partition coefficient (Wildman–Crippen LogP) is 1.93. The van der Waals surface area contributed by atoms with Crippen molar-refractivity contribution in [3.8, 4) is 0 Å². The largest absolute Gasteiger partial charge is 0.448 e. The highest BCUT2D eigenvalue weighted by Gasteiger charge is 2.25. The molecule has 7 nitrogen and oxygen atoms in total. The van der Waals surface area contributed by atoms with Crippen LogP contribution in [0.3, 0.4) is 0 Å². The Labute approximate surface area is 148 Å². The molecule has 0 saturated carbocycles. The average Bonchev–Trinajstić information content (AvgIpc) is 3.03. The van der Waals surface area contributed by atoms with Gasteiger partial charge in [-0.05, 0) is 39.3 Å². The molecule has 2 aromatic heterocycles. The molecule has 25 heavy (non-hydrogen) atoms. The van der Waals surface area contributed by atoms with Crippen LogP contribution in [0.1, 0.15) is 40.6 Å². The van der Waals surface area contributed by atoms with Crippen molar-refractivity contribution in [2.75, 3.05) is 27.2 Å². The standard InChI is InChI=1S/C18H25N5O2/c1-13-21-17(12-25-13)18(24)23-6-4-14(5-7-23)8-15-9-20-16(10-19-15)11-22(2)3/h9-10,12,14H,4-8,11H2,1-3H3. The molecule has 2 aromatic rings. The van der Waals surface area contributed by atoms with Crippen LogP contribution in [0.2, 0.25) is 0 Å². The molecule has 0 spiro atoms. The minimum absolute atomic E-state index is 0.0388. The van der Waals surface area contributed by atoms with Crippen LogP contribution in [0.4, 0.5) is 0 Å². The monoisotopic (exact) mass is 343 g/mol. The van der Waals surface area contributed by atoms with Crippen LogP contribution in [0.25, 0.3) is 0 Å². The quantitative estimate of drug-likeness (QED) is 0.826. The highest BCUT2D eigenvalue weighted by Crippen LogP contribution is 2.22. The Morgan fingerprint density at radius 3 is 2.48 bits per heavy atom. The van der Waals surface area contributed by atoms with Crippen LogP contribution in [-0.2, 0) is 13.0 Å². The van der Waals surface area contributed by atoms with E-state index in [9.17, 15) is 4.79 Å². The Hall–Kier alpha value is -2.28. The summed E-state index contributed by atoms with van der Waals surface area (Å²) in [5.74, 6) is 1.02. The van der Waals surface area contributed by atoms with Crippen LogP contribution in [-0.4, -0.2) is 57.8 Å². The average molecular weight is 343 g/mol. The number of aryl methyl sites for hydroxylation is 1. The highest BCUT2D eigenvalue weighted by molar-refractivity contribution is 5.92. The third-order valence-corrected chi connectivity index (χ3v) is 4.47. The molecule has 3 rings (SSSR count). The van der Waals surface area contributed by atoms with Gasteiger partial charge in [-0.2, -0.15) is 0 Å². The molecule has 1 fully saturated rings. The van der Waals surface area contributed by atoms with Crippen molar-refractivity contribution in [1.82, 2.24) is 24.8 Å². The molecule has 0 unspecified atom stereocenters. The second kappa shape index (κ2) is 7.74. The van der Waals surface area contributed by atoms with E-state index in [0.717, 1.165) is 50.3 Å². The number of hydrogen-bond donors (Lipinski definition) is 0. The number of piperidine rings is 1. The van der Waals surface area contributed by atoms with Gasteiger partial charge in [-0.15, -0.1) is 0 Å². The summed E-state index contributed by atoms with van der Waals surface area (Å²) in [6.07, 6.45) is 8.05. The van der Waals surface area contributed by atoms with Crippen LogP contribution < -0.4 is 0 Å². The van der Waals surface area contributed by atoms with E-state index in [0.29, 0.717) is 17.5 Å². The Morgan fingerprint density at radius 1 is 1.24 bits per heavy atom. The van der Waals surface area contributed by atoms with Crippen LogP contribution in [0.5, 0.6) is 0 Å². The topological polar surface area (TPSA) is 75.4 Å². The van der Waals surface area contributed by atoms with Crippen molar-refractivity contribution in [3.63, 3.8) is 0 Å². The van der Waals surface area contributed by atoms with Gasteiger partial charge in [-0.25, -0.2) is 4.98 Å². The SMILES string of the molecule is Cc1nc(C(=O)N2CCC(Cc3cnc(CN(C)C)cn3)CC2)co1. The summed E-state index contributed by atoms with van der Waals surface area (Å²) in [4.78, 5) is 29.5. The molecule has 0 bridgehead atoms. The number of rotatable bonds is 5. The zero-order valence-electron chi connectivity index (χ0n) is 15.1. The molecule has 7 heteroatoms. The molecule has 0 atom stereocenters. The molecule has 3 heterocycles. The third-order valence-electron chi connectivity index (χ3n) is 4.47. The van der Waals surface area contributed by atoms with E-state index in [1.807, 2.05) is 31.4 Å². The molecule has 0 radical (unpaired) electrons. The van der Waals surface area contributed by atoms with Gasteiger partial charge in [-0.1, -0.05) is 0 Å². The maximum Gasteiger partial charge on any atom is 0.275 e. The number of amides is 1. The van der Waals surface area contributed by atoms with E-state index in [1.165, 1.54) is 6.26 Å². The summed E-state index contributed by atoms with van der Waals surface area (Å²) < 4.78 is 5.13. The first-order chi connectivity index (χ1) is 12.0. The van der Waals surface area contributed by atoms with Crippen molar-refractivity contribution in [1.29, 1.82) is 0 Å². The van der Waals surface area contributed by atoms with E-state index < -0.39 is 0 Å². The van der Waals surface area contributed by atoms with Gasteiger partial charge >= 0.3 is 0 Å². The van der Waals surface area contributed by atoms with Crippen molar-refractivity contribution in [2.45, 2.75) is 32.7 Å². The Morgan fingerprint density at radius 2 is 1.92 bits per heavy atom. The fourth-order valence-corrected chi connectivity index (χ4v) is 3.15. The Balaban J connectivity index is 1.50.